The lowest BCUT2D eigenvalue weighted by Gasteiger charge is -2.13. The molecule has 0 unspecified atom stereocenters. The SMILES string of the molecule is Cc1cc(-c2nn(-c3ccccc3)cc2/C=c2\sc3nc(-c4ccc(Br)cc4)nn3c2=O)ccc1OC(C)C. The number of nitrogens with zero attached hydrogens (tertiary/aromatic N) is 5. The largest absolute Gasteiger partial charge is 0.491 e. The number of ether oxygens (including phenoxy) is 1. The van der Waals surface area contributed by atoms with Gasteiger partial charge in [-0.3, -0.25) is 4.79 Å². The highest BCUT2D eigenvalue weighted by molar-refractivity contribution is 9.10. The molecule has 0 saturated carbocycles. The molecule has 0 aliphatic rings. The highest BCUT2D eigenvalue weighted by atomic mass is 79.9. The monoisotopic (exact) mass is 597 g/mol. The predicted molar refractivity (Wildman–Crippen MR) is 159 cm³/mol. The van der Waals surface area contributed by atoms with E-state index in [9.17, 15) is 4.79 Å². The number of thiazole rings is 1. The molecule has 9 heteroatoms. The van der Waals surface area contributed by atoms with Crippen molar-refractivity contribution in [1.29, 1.82) is 0 Å². The Morgan fingerprint density at radius 1 is 0.974 bits per heavy atom. The van der Waals surface area contributed by atoms with E-state index in [1.54, 1.807) is 0 Å². The fourth-order valence-electron chi connectivity index (χ4n) is 4.31. The van der Waals surface area contributed by atoms with E-state index < -0.39 is 0 Å². The van der Waals surface area contributed by atoms with Crippen molar-refractivity contribution in [2.45, 2.75) is 26.9 Å². The summed E-state index contributed by atoms with van der Waals surface area (Å²) in [6, 6.07) is 23.7. The lowest BCUT2D eigenvalue weighted by molar-refractivity contribution is 0.241. The lowest BCUT2D eigenvalue weighted by Crippen LogP contribution is -2.23. The van der Waals surface area contributed by atoms with E-state index in [1.807, 2.05) is 104 Å². The molecule has 6 aromatic rings. The van der Waals surface area contributed by atoms with Crippen LogP contribution < -0.4 is 14.8 Å². The molecule has 0 aliphatic heterocycles. The first kappa shape index (κ1) is 25.2. The summed E-state index contributed by atoms with van der Waals surface area (Å²) in [6.45, 7) is 6.05. The summed E-state index contributed by atoms with van der Waals surface area (Å²) in [4.78, 5) is 18.5. The molecule has 0 saturated heterocycles. The van der Waals surface area contributed by atoms with Crippen LogP contribution >= 0.6 is 27.3 Å². The zero-order valence-corrected chi connectivity index (χ0v) is 23.9. The molecule has 0 spiro atoms. The van der Waals surface area contributed by atoms with Gasteiger partial charge in [0.1, 0.15) is 11.4 Å². The van der Waals surface area contributed by atoms with Crippen LogP contribution in [0.2, 0.25) is 0 Å². The number of benzene rings is 3. The first-order valence-corrected chi connectivity index (χ1v) is 14.1. The van der Waals surface area contributed by atoms with Crippen molar-refractivity contribution in [3.8, 4) is 34.1 Å². The third kappa shape index (κ3) is 5.03. The maximum atomic E-state index is 13.3. The van der Waals surface area contributed by atoms with Gasteiger partial charge in [0, 0.05) is 27.4 Å². The second-order valence-electron chi connectivity index (χ2n) is 9.41. The number of aryl methyl sites for hydroxylation is 1. The van der Waals surface area contributed by atoms with Crippen LogP contribution in [0, 0.1) is 6.92 Å². The van der Waals surface area contributed by atoms with Crippen molar-refractivity contribution >= 4 is 38.3 Å². The summed E-state index contributed by atoms with van der Waals surface area (Å²) >= 11 is 4.76. The molecule has 0 amide bonds. The summed E-state index contributed by atoms with van der Waals surface area (Å²) < 4.78 is 10.6. The van der Waals surface area contributed by atoms with E-state index in [4.69, 9.17) is 9.84 Å². The molecule has 194 valence electrons. The van der Waals surface area contributed by atoms with E-state index in [0.29, 0.717) is 15.3 Å². The second kappa shape index (κ2) is 10.2. The van der Waals surface area contributed by atoms with Gasteiger partial charge in [0.05, 0.1) is 16.3 Å². The summed E-state index contributed by atoms with van der Waals surface area (Å²) in [6.07, 6.45) is 3.90. The summed E-state index contributed by atoms with van der Waals surface area (Å²) in [5.41, 5.74) is 5.13. The molecule has 6 rings (SSSR count). The number of hydrogen-bond acceptors (Lipinski definition) is 6. The van der Waals surface area contributed by atoms with Gasteiger partial charge in [-0.15, -0.1) is 5.10 Å². The van der Waals surface area contributed by atoms with E-state index in [0.717, 1.165) is 43.9 Å². The van der Waals surface area contributed by atoms with Gasteiger partial charge in [-0.1, -0.05) is 57.6 Å². The van der Waals surface area contributed by atoms with Gasteiger partial charge in [-0.05, 0) is 74.9 Å². The molecule has 0 atom stereocenters. The second-order valence-corrected chi connectivity index (χ2v) is 11.3. The maximum Gasteiger partial charge on any atom is 0.291 e. The van der Waals surface area contributed by atoms with Gasteiger partial charge in [0.2, 0.25) is 4.96 Å². The molecule has 0 radical (unpaired) electrons. The number of aromatic nitrogens is 5. The molecule has 39 heavy (non-hydrogen) atoms. The van der Waals surface area contributed by atoms with E-state index in [1.165, 1.54) is 15.9 Å². The number of halogens is 1. The van der Waals surface area contributed by atoms with Crippen LogP contribution in [0.25, 0.3) is 39.4 Å². The molecule has 3 aromatic carbocycles. The molecule has 3 aromatic heterocycles. The molecular formula is C30H24BrN5O2S. The minimum atomic E-state index is -0.207. The molecule has 0 fully saturated rings. The zero-order chi connectivity index (χ0) is 27.1. The molecule has 7 nitrogen and oxygen atoms in total. The molecule has 0 N–H and O–H groups in total. The standard InChI is InChI=1S/C30H24BrN5O2S/c1-18(2)38-25-14-11-21(15-19(25)3)27-22(17-35(33-27)24-7-5-4-6-8-24)16-26-29(37)36-30(39-26)32-28(34-36)20-9-12-23(31)13-10-20/h4-18H,1-3H3/b26-16-. The van der Waals surface area contributed by atoms with Crippen LogP contribution in [-0.4, -0.2) is 30.5 Å². The van der Waals surface area contributed by atoms with Crippen LogP contribution in [0.1, 0.15) is 25.0 Å². The van der Waals surface area contributed by atoms with Crippen molar-refractivity contribution in [2.24, 2.45) is 0 Å². The Bertz CT molecular complexity index is 1910. The van der Waals surface area contributed by atoms with Crippen molar-refractivity contribution in [3.63, 3.8) is 0 Å². The van der Waals surface area contributed by atoms with Gasteiger partial charge < -0.3 is 4.74 Å². The quantitative estimate of drug-likeness (QED) is 0.233. The lowest BCUT2D eigenvalue weighted by atomic mass is 10.0. The molecule has 0 bridgehead atoms. The first-order chi connectivity index (χ1) is 18.9. The third-order valence-corrected chi connectivity index (χ3v) is 7.63. The third-order valence-electron chi connectivity index (χ3n) is 6.15. The Balaban J connectivity index is 1.46. The predicted octanol–water partition coefficient (Wildman–Crippen LogP) is 6.08. The van der Waals surface area contributed by atoms with Crippen molar-refractivity contribution < 1.29 is 4.74 Å². The highest BCUT2D eigenvalue weighted by Crippen LogP contribution is 2.29. The molecule has 0 aliphatic carbocycles. The average molecular weight is 599 g/mol. The normalized spacial score (nSPS) is 12.1. The van der Waals surface area contributed by atoms with E-state index >= 15 is 0 Å². The topological polar surface area (TPSA) is 74.3 Å². The molecule has 3 heterocycles. The van der Waals surface area contributed by atoms with E-state index in [-0.39, 0.29) is 11.7 Å². The van der Waals surface area contributed by atoms with Gasteiger partial charge in [-0.2, -0.15) is 14.6 Å². The summed E-state index contributed by atoms with van der Waals surface area (Å²) in [5, 5.41) is 9.40. The van der Waals surface area contributed by atoms with Crippen LogP contribution in [0.5, 0.6) is 5.75 Å². The fourth-order valence-corrected chi connectivity index (χ4v) is 5.47. The smallest absolute Gasteiger partial charge is 0.291 e. The van der Waals surface area contributed by atoms with Crippen molar-refractivity contribution in [1.82, 2.24) is 24.4 Å². The van der Waals surface area contributed by atoms with Gasteiger partial charge in [0.25, 0.3) is 5.56 Å². The van der Waals surface area contributed by atoms with E-state index in [2.05, 4.69) is 32.1 Å². The molecular weight excluding hydrogens is 574 g/mol. The number of fused-ring (bicyclic) bond motifs is 1. The Kier molecular flexibility index (Phi) is 6.62. The van der Waals surface area contributed by atoms with Crippen LogP contribution in [-0.2, 0) is 0 Å². The van der Waals surface area contributed by atoms with Crippen molar-refractivity contribution in [2.75, 3.05) is 0 Å². The first-order valence-electron chi connectivity index (χ1n) is 12.5. The minimum absolute atomic E-state index is 0.0850. The Morgan fingerprint density at radius 3 is 2.41 bits per heavy atom. The zero-order valence-electron chi connectivity index (χ0n) is 21.5. The van der Waals surface area contributed by atoms with Gasteiger partial charge in [-0.25, -0.2) is 4.68 Å². The minimum Gasteiger partial charge on any atom is -0.491 e. The van der Waals surface area contributed by atoms with Gasteiger partial charge >= 0.3 is 0 Å². The van der Waals surface area contributed by atoms with Crippen LogP contribution in [0.4, 0.5) is 0 Å². The Labute approximate surface area is 237 Å². The highest BCUT2D eigenvalue weighted by Gasteiger charge is 2.16. The fraction of sp³-hybridized carbons (Fsp3) is 0.133. The number of hydrogen-bond donors (Lipinski definition) is 0. The Morgan fingerprint density at radius 2 is 1.72 bits per heavy atom. The maximum absolute atomic E-state index is 13.3. The number of rotatable bonds is 6. The summed E-state index contributed by atoms with van der Waals surface area (Å²) in [5.74, 6) is 1.37. The van der Waals surface area contributed by atoms with Crippen molar-refractivity contribution in [3.05, 3.63) is 109 Å². The number of para-hydroxylation sites is 1. The van der Waals surface area contributed by atoms with Crippen LogP contribution in [0.15, 0.2) is 88.3 Å². The summed E-state index contributed by atoms with van der Waals surface area (Å²) in [7, 11) is 0. The van der Waals surface area contributed by atoms with Crippen LogP contribution in [0.3, 0.4) is 0 Å². The Hall–Kier alpha value is -4.08. The van der Waals surface area contributed by atoms with Gasteiger partial charge in [0.15, 0.2) is 5.82 Å². The average Bonchev–Trinajstić information content (AvgIpc) is 3.61.